The fourth-order valence-electron chi connectivity index (χ4n) is 2.85. The van der Waals surface area contributed by atoms with Gasteiger partial charge in [0, 0.05) is 19.7 Å². The quantitative estimate of drug-likeness (QED) is 0.648. The molecule has 0 radical (unpaired) electrons. The number of para-hydroxylation sites is 1. The topological polar surface area (TPSA) is 51.0 Å². The monoisotopic (exact) mass is 312 g/mol. The van der Waals surface area contributed by atoms with Gasteiger partial charge in [-0.05, 0) is 17.7 Å². The highest BCUT2D eigenvalue weighted by Gasteiger charge is 2.28. The molecular formula is C16H13ClN4O. The maximum absolute atomic E-state index is 11.3. The van der Waals surface area contributed by atoms with E-state index in [-0.39, 0.29) is 12.4 Å². The van der Waals surface area contributed by atoms with Gasteiger partial charge < -0.3 is 4.57 Å². The molecule has 4 rings (SSSR count). The molecule has 5 nitrogen and oxygen atoms in total. The van der Waals surface area contributed by atoms with E-state index in [4.69, 9.17) is 0 Å². The van der Waals surface area contributed by atoms with Crippen molar-refractivity contribution in [1.82, 2.24) is 14.5 Å². The number of nitrogens with zero attached hydrogens (tertiary/aromatic N) is 4. The number of aryl methyl sites for hydroxylation is 1. The maximum atomic E-state index is 11.3. The minimum absolute atomic E-state index is 0. The molecule has 3 aromatic rings. The van der Waals surface area contributed by atoms with Crippen molar-refractivity contribution in [2.45, 2.75) is 6.42 Å². The summed E-state index contributed by atoms with van der Waals surface area (Å²) in [4.78, 5) is 21.9. The fraction of sp³-hybridized carbons (Fsp3) is 0.125. The lowest BCUT2D eigenvalue weighted by molar-refractivity contribution is 0.566. The average molecular weight is 313 g/mol. The number of carbonyl (C=O) groups excluding carboxylic acids is 1. The van der Waals surface area contributed by atoms with Crippen molar-refractivity contribution in [2.24, 2.45) is 7.05 Å². The summed E-state index contributed by atoms with van der Waals surface area (Å²) in [7, 11) is 1.94. The Morgan fingerprint density at radius 2 is 2.00 bits per heavy atom. The number of aromatic nitrogens is 3. The van der Waals surface area contributed by atoms with Crippen molar-refractivity contribution in [2.75, 3.05) is 4.90 Å². The Kier molecular flexibility index (Phi) is 3.45. The first-order chi connectivity index (χ1) is 10.3. The lowest BCUT2D eigenvalue weighted by Gasteiger charge is -2.18. The summed E-state index contributed by atoms with van der Waals surface area (Å²) in [6.45, 7) is 0. The SMILES string of the molecule is Cl.Cn1ccc2c(N3C(=C=O)Cc4ccccc43)ncnc21. The molecule has 1 aliphatic rings. The minimum Gasteiger partial charge on any atom is -0.335 e. The molecule has 6 heteroatoms. The molecule has 3 heterocycles. The van der Waals surface area contributed by atoms with Gasteiger partial charge in [-0.25, -0.2) is 14.8 Å². The van der Waals surface area contributed by atoms with E-state index < -0.39 is 0 Å². The molecule has 0 N–H and O–H groups in total. The molecule has 0 saturated carbocycles. The van der Waals surface area contributed by atoms with E-state index in [1.807, 2.05) is 53.0 Å². The second-order valence-corrected chi connectivity index (χ2v) is 5.05. The number of hydrogen-bond donors (Lipinski definition) is 0. The summed E-state index contributed by atoms with van der Waals surface area (Å²) in [6.07, 6.45) is 4.05. The predicted molar refractivity (Wildman–Crippen MR) is 87.2 cm³/mol. The van der Waals surface area contributed by atoms with Crippen molar-refractivity contribution >= 4 is 40.9 Å². The Bertz CT molecular complexity index is 911. The lowest BCUT2D eigenvalue weighted by Crippen LogP contribution is -2.14. The van der Waals surface area contributed by atoms with Crippen LogP contribution in [-0.2, 0) is 18.3 Å². The van der Waals surface area contributed by atoms with Crippen molar-refractivity contribution in [3.63, 3.8) is 0 Å². The van der Waals surface area contributed by atoms with Gasteiger partial charge >= 0.3 is 0 Å². The molecule has 0 atom stereocenters. The number of fused-ring (bicyclic) bond motifs is 2. The Hall–Kier alpha value is -2.62. The van der Waals surface area contributed by atoms with Crippen LogP contribution in [0.15, 0.2) is 48.6 Å². The lowest BCUT2D eigenvalue weighted by atomic mass is 10.1. The van der Waals surface area contributed by atoms with Crippen LogP contribution in [0.5, 0.6) is 0 Å². The number of anilines is 2. The Morgan fingerprint density at radius 1 is 1.18 bits per heavy atom. The minimum atomic E-state index is 0. The van der Waals surface area contributed by atoms with Crippen molar-refractivity contribution < 1.29 is 4.79 Å². The van der Waals surface area contributed by atoms with E-state index in [0.717, 1.165) is 28.1 Å². The summed E-state index contributed by atoms with van der Waals surface area (Å²) < 4.78 is 1.94. The zero-order chi connectivity index (χ0) is 14.4. The smallest absolute Gasteiger partial charge is 0.150 e. The first-order valence-corrected chi connectivity index (χ1v) is 6.67. The normalized spacial score (nSPS) is 13.0. The first-order valence-electron chi connectivity index (χ1n) is 6.67. The molecular weight excluding hydrogens is 300 g/mol. The number of hydrogen-bond acceptors (Lipinski definition) is 4. The van der Waals surface area contributed by atoms with E-state index in [9.17, 15) is 4.79 Å². The van der Waals surface area contributed by atoms with Crippen LogP contribution in [0.3, 0.4) is 0 Å². The molecule has 0 bridgehead atoms. The van der Waals surface area contributed by atoms with Crippen LogP contribution >= 0.6 is 12.4 Å². The van der Waals surface area contributed by atoms with Gasteiger partial charge in [0.05, 0.1) is 11.1 Å². The average Bonchev–Trinajstić information content (AvgIpc) is 3.08. The fourth-order valence-corrected chi connectivity index (χ4v) is 2.85. The van der Waals surface area contributed by atoms with Gasteiger partial charge in [-0.2, -0.15) is 0 Å². The van der Waals surface area contributed by atoms with Crippen molar-refractivity contribution in [1.29, 1.82) is 0 Å². The van der Waals surface area contributed by atoms with Crippen LogP contribution in [0, 0.1) is 0 Å². The van der Waals surface area contributed by atoms with Crippen LogP contribution in [0.1, 0.15) is 5.56 Å². The Balaban J connectivity index is 0.00000144. The molecule has 1 aromatic carbocycles. The van der Waals surface area contributed by atoms with Gasteiger partial charge in [-0.1, -0.05) is 18.2 Å². The number of halogens is 1. The van der Waals surface area contributed by atoms with Gasteiger partial charge in [0.15, 0.2) is 5.82 Å². The second-order valence-electron chi connectivity index (χ2n) is 5.05. The second kappa shape index (κ2) is 5.30. The first kappa shape index (κ1) is 14.3. The summed E-state index contributed by atoms with van der Waals surface area (Å²) >= 11 is 0. The van der Waals surface area contributed by atoms with Crippen LogP contribution < -0.4 is 4.90 Å². The Labute approximate surface area is 133 Å². The maximum Gasteiger partial charge on any atom is 0.150 e. The molecule has 2 aromatic heterocycles. The van der Waals surface area contributed by atoms with Crippen LogP contribution in [-0.4, -0.2) is 20.5 Å². The van der Waals surface area contributed by atoms with E-state index in [1.165, 1.54) is 6.33 Å². The van der Waals surface area contributed by atoms with E-state index >= 15 is 0 Å². The van der Waals surface area contributed by atoms with Gasteiger partial charge in [-0.15, -0.1) is 12.4 Å². The summed E-state index contributed by atoms with van der Waals surface area (Å²) in [5, 5.41) is 0.921. The molecule has 0 spiro atoms. The van der Waals surface area contributed by atoms with Gasteiger partial charge in [0.1, 0.15) is 23.6 Å². The van der Waals surface area contributed by atoms with Gasteiger partial charge in [0.2, 0.25) is 0 Å². The highest BCUT2D eigenvalue weighted by molar-refractivity contribution is 5.94. The van der Waals surface area contributed by atoms with E-state index in [1.54, 1.807) is 0 Å². The molecule has 0 unspecified atom stereocenters. The third kappa shape index (κ3) is 1.91. The highest BCUT2D eigenvalue weighted by atomic mass is 35.5. The van der Waals surface area contributed by atoms with Gasteiger partial charge in [-0.3, -0.25) is 4.90 Å². The van der Waals surface area contributed by atoms with Crippen molar-refractivity contribution in [3.05, 3.63) is 54.1 Å². The largest absolute Gasteiger partial charge is 0.335 e. The molecule has 0 amide bonds. The molecule has 110 valence electrons. The summed E-state index contributed by atoms with van der Waals surface area (Å²) in [6, 6.07) is 9.92. The highest BCUT2D eigenvalue weighted by Crippen LogP contribution is 2.40. The standard InChI is InChI=1S/C16H12N4O.ClH/c1-19-7-6-13-15(19)17-10-18-16(13)20-12(9-21)8-11-4-2-3-5-14(11)20;/h2-7,10H,8H2,1H3;1H. The zero-order valence-corrected chi connectivity index (χ0v) is 12.7. The predicted octanol–water partition coefficient (Wildman–Crippen LogP) is 2.80. The number of rotatable bonds is 1. The summed E-state index contributed by atoms with van der Waals surface area (Å²) in [5.74, 6) is 2.78. The third-order valence-electron chi connectivity index (χ3n) is 3.83. The van der Waals surface area contributed by atoms with Crippen LogP contribution in [0.4, 0.5) is 11.5 Å². The number of benzene rings is 1. The van der Waals surface area contributed by atoms with Crippen LogP contribution in [0.25, 0.3) is 11.0 Å². The number of allylic oxidation sites excluding steroid dienone is 1. The molecule has 0 fully saturated rings. The van der Waals surface area contributed by atoms with Crippen molar-refractivity contribution in [3.8, 4) is 0 Å². The zero-order valence-electron chi connectivity index (χ0n) is 11.9. The molecule has 22 heavy (non-hydrogen) atoms. The Morgan fingerprint density at radius 3 is 2.82 bits per heavy atom. The molecule has 0 saturated heterocycles. The van der Waals surface area contributed by atoms with E-state index in [0.29, 0.717) is 12.1 Å². The summed E-state index contributed by atoms with van der Waals surface area (Å²) in [5.41, 5.74) is 3.52. The van der Waals surface area contributed by atoms with E-state index in [2.05, 4.69) is 15.9 Å². The molecule has 1 aliphatic heterocycles. The third-order valence-corrected chi connectivity index (χ3v) is 3.83. The van der Waals surface area contributed by atoms with Crippen LogP contribution in [0.2, 0.25) is 0 Å². The molecule has 0 aliphatic carbocycles. The van der Waals surface area contributed by atoms with Gasteiger partial charge in [0.25, 0.3) is 0 Å².